The first-order valence-corrected chi connectivity index (χ1v) is 31.5. The van der Waals surface area contributed by atoms with Gasteiger partial charge in [0.25, 0.3) is 0 Å². The third-order valence-corrected chi connectivity index (χ3v) is 21.9. The fraction of sp³-hybridized carbons (Fsp3) is 0.167. The lowest BCUT2D eigenvalue weighted by Gasteiger charge is -2.34. The second-order valence-electron chi connectivity index (χ2n) is 25.7. The summed E-state index contributed by atoms with van der Waals surface area (Å²) in [6, 6.07) is 94.0. The number of benzene rings is 10. The minimum absolute atomic E-state index is 0.0543. The smallest absolute Gasteiger partial charge is 0.179 e. The van der Waals surface area contributed by atoms with E-state index in [1.807, 2.05) is 6.20 Å². The van der Waals surface area contributed by atoms with Gasteiger partial charge >= 0.3 is 0 Å². The molecule has 414 valence electrons. The highest BCUT2D eigenvalue weighted by Gasteiger charge is 2.42. The van der Waals surface area contributed by atoms with Crippen LogP contribution in [0.3, 0.4) is 0 Å². The summed E-state index contributed by atoms with van der Waals surface area (Å²) in [6.45, 7) is 21.3. The molecule has 0 bridgehead atoms. The van der Waals surface area contributed by atoms with Crippen molar-refractivity contribution >= 4 is 73.4 Å². The zero-order valence-electron chi connectivity index (χ0n) is 49.7. The molecule has 6 heteroatoms. The second kappa shape index (κ2) is 21.2. The molecule has 12 aromatic rings. The SMILES string of the molecule is CC(C)(C)c1cc(N2CN(c3cccc(Oc4ccc5c6cc([Si](c7ccccc7)(c7ccccc7)c7ccccc7)ccc6n(-c6cc(C(C)(C)C)ccn6)c5c4)c3)c3cccc(-c4cccc(-c5ccccc5)c4)c32)cc(C(C)(C)C)c1. The van der Waals surface area contributed by atoms with Crippen molar-refractivity contribution in [3.63, 3.8) is 0 Å². The zero-order chi connectivity index (χ0) is 58.0. The largest absolute Gasteiger partial charge is 0.457 e. The molecule has 1 aliphatic rings. The molecule has 1 aliphatic heterocycles. The number of fused-ring (bicyclic) bond motifs is 4. The van der Waals surface area contributed by atoms with E-state index in [0.717, 1.165) is 45.1 Å². The highest BCUT2D eigenvalue weighted by atomic mass is 28.3. The lowest BCUT2D eigenvalue weighted by molar-refractivity contribution is 0.483. The Bertz CT molecular complexity index is 4250. The minimum atomic E-state index is -2.85. The topological polar surface area (TPSA) is 33.5 Å². The third-order valence-electron chi connectivity index (χ3n) is 17.1. The van der Waals surface area contributed by atoms with Crippen LogP contribution in [0.25, 0.3) is 49.9 Å². The molecule has 13 rings (SSSR count). The molecule has 0 fully saturated rings. The summed E-state index contributed by atoms with van der Waals surface area (Å²) in [5.74, 6) is 2.37. The van der Waals surface area contributed by atoms with Gasteiger partial charge in [0, 0.05) is 46.0 Å². The van der Waals surface area contributed by atoms with E-state index < -0.39 is 8.07 Å². The number of anilines is 4. The van der Waals surface area contributed by atoms with Gasteiger partial charge in [-0.1, -0.05) is 238 Å². The summed E-state index contributed by atoms with van der Waals surface area (Å²) >= 11 is 0. The average molecular weight is 1110 g/mol. The van der Waals surface area contributed by atoms with E-state index in [-0.39, 0.29) is 16.2 Å². The number of pyridine rings is 1. The summed E-state index contributed by atoms with van der Waals surface area (Å²) in [7, 11) is -2.85. The first kappa shape index (κ1) is 54.0. The molecule has 0 saturated heterocycles. The van der Waals surface area contributed by atoms with Gasteiger partial charge in [0.1, 0.15) is 24.0 Å². The van der Waals surface area contributed by atoms with Crippen LogP contribution in [-0.4, -0.2) is 24.3 Å². The number of rotatable bonds is 11. The second-order valence-corrected chi connectivity index (χ2v) is 29.5. The maximum absolute atomic E-state index is 7.09. The molecular weight excluding hydrogens is 1040 g/mol. The Balaban J connectivity index is 0.942. The van der Waals surface area contributed by atoms with Gasteiger partial charge in [-0.15, -0.1) is 0 Å². The van der Waals surface area contributed by atoms with Crippen LogP contribution >= 0.6 is 0 Å². The zero-order valence-corrected chi connectivity index (χ0v) is 50.7. The van der Waals surface area contributed by atoms with Gasteiger partial charge in [-0.2, -0.15) is 0 Å². The van der Waals surface area contributed by atoms with Crippen molar-refractivity contribution in [2.75, 3.05) is 16.5 Å². The van der Waals surface area contributed by atoms with Gasteiger partial charge < -0.3 is 14.5 Å². The van der Waals surface area contributed by atoms with Gasteiger partial charge in [0.05, 0.1) is 22.4 Å². The first-order chi connectivity index (χ1) is 40.5. The Morgan fingerprint density at radius 3 is 1.58 bits per heavy atom. The molecule has 3 heterocycles. The molecule has 0 unspecified atom stereocenters. The van der Waals surface area contributed by atoms with E-state index in [9.17, 15) is 0 Å². The fourth-order valence-corrected chi connectivity index (χ4v) is 17.4. The quantitative estimate of drug-likeness (QED) is 0.0955. The van der Waals surface area contributed by atoms with Crippen molar-refractivity contribution in [3.05, 3.63) is 278 Å². The van der Waals surface area contributed by atoms with Crippen molar-refractivity contribution in [1.82, 2.24) is 9.55 Å². The molecule has 2 aromatic heterocycles. The molecule has 5 nitrogen and oxygen atoms in total. The van der Waals surface area contributed by atoms with Gasteiger partial charge in [0.2, 0.25) is 0 Å². The van der Waals surface area contributed by atoms with Crippen LogP contribution in [0.5, 0.6) is 11.5 Å². The van der Waals surface area contributed by atoms with Crippen LogP contribution in [0.15, 0.2) is 261 Å². The van der Waals surface area contributed by atoms with Crippen LogP contribution in [0.1, 0.15) is 79.0 Å². The molecule has 0 saturated carbocycles. The van der Waals surface area contributed by atoms with Crippen molar-refractivity contribution in [2.45, 2.75) is 78.6 Å². The molecule has 0 spiro atoms. The van der Waals surface area contributed by atoms with Gasteiger partial charge in [0.15, 0.2) is 8.07 Å². The number of hydrogen-bond acceptors (Lipinski definition) is 4. The maximum atomic E-state index is 7.09. The highest BCUT2D eigenvalue weighted by Crippen LogP contribution is 2.51. The summed E-state index contributed by atoms with van der Waals surface area (Å²) < 4.78 is 9.43. The van der Waals surface area contributed by atoms with E-state index >= 15 is 0 Å². The maximum Gasteiger partial charge on any atom is 0.179 e. The summed E-state index contributed by atoms with van der Waals surface area (Å²) in [4.78, 5) is 10.1. The van der Waals surface area contributed by atoms with Crippen LogP contribution < -0.4 is 35.3 Å². The van der Waals surface area contributed by atoms with Crippen molar-refractivity contribution < 1.29 is 4.74 Å². The van der Waals surface area contributed by atoms with E-state index in [2.05, 4.69) is 331 Å². The number of hydrogen-bond donors (Lipinski definition) is 0. The Labute approximate surface area is 497 Å². The molecule has 0 atom stereocenters. The number of para-hydroxylation sites is 1. The normalized spacial score (nSPS) is 13.0. The fourth-order valence-electron chi connectivity index (χ4n) is 12.6. The third kappa shape index (κ3) is 9.88. The monoisotopic (exact) mass is 1110 g/mol. The van der Waals surface area contributed by atoms with Crippen molar-refractivity contribution in [2.24, 2.45) is 0 Å². The lowest BCUT2D eigenvalue weighted by atomic mass is 9.80. The predicted octanol–water partition coefficient (Wildman–Crippen LogP) is 17.8. The lowest BCUT2D eigenvalue weighted by Crippen LogP contribution is -2.74. The summed E-state index contributed by atoms with van der Waals surface area (Å²) in [5.41, 5.74) is 15.1. The van der Waals surface area contributed by atoms with E-state index in [1.165, 1.54) is 76.5 Å². The van der Waals surface area contributed by atoms with Crippen molar-refractivity contribution in [1.29, 1.82) is 0 Å². The molecule has 0 amide bonds. The van der Waals surface area contributed by atoms with E-state index in [1.54, 1.807) is 0 Å². The van der Waals surface area contributed by atoms with Crippen LogP contribution in [-0.2, 0) is 16.2 Å². The predicted molar refractivity (Wildman–Crippen MR) is 358 cm³/mol. The van der Waals surface area contributed by atoms with E-state index in [0.29, 0.717) is 6.67 Å². The van der Waals surface area contributed by atoms with Crippen LogP contribution in [0.2, 0.25) is 0 Å². The summed E-state index contributed by atoms with van der Waals surface area (Å²) in [6.07, 6.45) is 1.96. The standard InChI is InChI=1S/C78H72N4OSi/c1-76(2,3)57-43-44-79-74(49-57)82-71-42-40-67(84(64-31-16-11-17-32-64,65-33-18-12-19-34-65)66-35-20-13-21-36-66)52-70(71)69-41-39-63(51-73(69)82)83-62-30-23-29-60(50-62)80-53-81(61-47-58(77(4,5)6)46-59(48-61)78(7,8)9)75-68(37-24-38-72(75)80)56-28-22-27-55(45-56)54-25-14-10-15-26-54/h10-52H,53H2,1-9H3. The molecule has 0 aliphatic carbocycles. The number of nitrogens with zero attached hydrogens (tertiary/aromatic N) is 4. The molecule has 84 heavy (non-hydrogen) atoms. The first-order valence-electron chi connectivity index (χ1n) is 29.5. The molecule has 0 N–H and O–H groups in total. The number of ether oxygens (including phenoxy) is 1. The minimum Gasteiger partial charge on any atom is -0.457 e. The van der Waals surface area contributed by atoms with Crippen molar-refractivity contribution in [3.8, 4) is 39.6 Å². The molecule has 0 radical (unpaired) electrons. The average Bonchev–Trinajstić information content (AvgIpc) is 2.63. The number of aromatic nitrogens is 2. The Morgan fingerprint density at radius 1 is 0.381 bits per heavy atom. The van der Waals surface area contributed by atoms with Gasteiger partial charge in [-0.3, -0.25) is 4.57 Å². The van der Waals surface area contributed by atoms with E-state index in [4.69, 9.17) is 9.72 Å². The van der Waals surface area contributed by atoms with Crippen LogP contribution in [0, 0.1) is 0 Å². The Morgan fingerprint density at radius 2 is 0.952 bits per heavy atom. The van der Waals surface area contributed by atoms with Gasteiger partial charge in [-0.05, 0) is 137 Å². The molecular formula is C78H72N4OSi. The Hall–Kier alpha value is -9.23. The highest BCUT2D eigenvalue weighted by molar-refractivity contribution is 7.20. The summed E-state index contributed by atoms with van der Waals surface area (Å²) in [5, 5.41) is 7.64. The van der Waals surface area contributed by atoms with Gasteiger partial charge in [-0.25, -0.2) is 4.98 Å². The Kier molecular flexibility index (Phi) is 13.6. The molecule has 10 aromatic carbocycles. The van der Waals surface area contributed by atoms with Crippen LogP contribution in [0.4, 0.5) is 22.7 Å².